The molecule has 18 heavy (non-hydrogen) atoms. The van der Waals surface area contributed by atoms with Crippen LogP contribution >= 0.6 is 11.3 Å². The third kappa shape index (κ3) is 3.48. The Balaban J connectivity index is 1.83. The van der Waals surface area contributed by atoms with Gasteiger partial charge in [-0.25, -0.2) is 4.79 Å². The lowest BCUT2D eigenvalue weighted by Gasteiger charge is -2.13. The van der Waals surface area contributed by atoms with Crippen molar-refractivity contribution in [2.24, 2.45) is 5.92 Å². The van der Waals surface area contributed by atoms with Gasteiger partial charge in [-0.05, 0) is 31.7 Å². The predicted molar refractivity (Wildman–Crippen MR) is 74.9 cm³/mol. The molecule has 3 nitrogen and oxygen atoms in total. The summed E-state index contributed by atoms with van der Waals surface area (Å²) in [5.41, 5.74) is 6.42. The van der Waals surface area contributed by atoms with Gasteiger partial charge in [0.1, 0.15) is 4.88 Å². The monoisotopic (exact) mass is 267 g/mol. The number of nitrogens with two attached hydrogens (primary N) is 1. The van der Waals surface area contributed by atoms with Crippen molar-refractivity contribution >= 4 is 23.0 Å². The molecule has 1 aromatic heterocycles. The number of hydrogen-bond donors (Lipinski definition) is 1. The molecule has 0 atom stereocenters. The number of thiophene rings is 1. The molecule has 2 N–H and O–H groups in total. The summed E-state index contributed by atoms with van der Waals surface area (Å²) in [4.78, 5) is 13.5. The fourth-order valence-corrected chi connectivity index (χ4v) is 3.23. The SMILES string of the molecule is Cc1sc(C(=O)OCC2CCCCCC2)cc1N. The average Bonchev–Trinajstić information content (AvgIpc) is 2.59. The average molecular weight is 267 g/mol. The Morgan fingerprint density at radius 2 is 2.06 bits per heavy atom. The van der Waals surface area contributed by atoms with E-state index >= 15 is 0 Å². The number of aryl methyl sites for hydroxylation is 1. The van der Waals surface area contributed by atoms with Crippen LogP contribution in [0.1, 0.15) is 53.1 Å². The van der Waals surface area contributed by atoms with Crippen LogP contribution in [-0.2, 0) is 4.74 Å². The van der Waals surface area contributed by atoms with Crippen LogP contribution in [0, 0.1) is 12.8 Å². The summed E-state index contributed by atoms with van der Waals surface area (Å²) in [5, 5.41) is 0. The fraction of sp³-hybridized carbons (Fsp3) is 0.643. The van der Waals surface area contributed by atoms with E-state index in [4.69, 9.17) is 10.5 Å². The lowest BCUT2D eigenvalue weighted by atomic mass is 10.0. The highest BCUT2D eigenvalue weighted by atomic mass is 32.1. The number of ether oxygens (including phenoxy) is 1. The summed E-state index contributed by atoms with van der Waals surface area (Å²) >= 11 is 1.41. The third-order valence-electron chi connectivity index (χ3n) is 3.58. The molecule has 1 aliphatic carbocycles. The number of carbonyl (C=O) groups excluding carboxylic acids is 1. The Bertz CT molecular complexity index is 386. The highest BCUT2D eigenvalue weighted by Gasteiger charge is 2.17. The van der Waals surface area contributed by atoms with Gasteiger partial charge < -0.3 is 10.5 Å². The normalized spacial score (nSPS) is 17.4. The van der Waals surface area contributed by atoms with E-state index in [0.29, 0.717) is 23.1 Å². The van der Waals surface area contributed by atoms with Crippen molar-refractivity contribution in [3.63, 3.8) is 0 Å². The van der Waals surface area contributed by atoms with Crippen molar-refractivity contribution in [3.8, 4) is 0 Å². The lowest BCUT2D eigenvalue weighted by molar-refractivity contribution is 0.0433. The van der Waals surface area contributed by atoms with Gasteiger partial charge in [-0.3, -0.25) is 0 Å². The summed E-state index contributed by atoms with van der Waals surface area (Å²) < 4.78 is 5.41. The summed E-state index contributed by atoms with van der Waals surface area (Å²) in [6.45, 7) is 2.48. The number of hydrogen-bond acceptors (Lipinski definition) is 4. The maximum Gasteiger partial charge on any atom is 0.348 e. The van der Waals surface area contributed by atoms with Crippen LogP contribution in [0.15, 0.2) is 6.07 Å². The van der Waals surface area contributed by atoms with Gasteiger partial charge in [0.15, 0.2) is 0 Å². The van der Waals surface area contributed by atoms with Gasteiger partial charge in [-0.2, -0.15) is 0 Å². The fourth-order valence-electron chi connectivity index (χ4n) is 2.39. The second-order valence-corrected chi connectivity index (χ2v) is 6.33. The number of nitrogen functional groups attached to an aromatic ring is 1. The molecule has 0 unspecified atom stereocenters. The molecular formula is C14H21NO2S. The highest BCUT2D eigenvalue weighted by Crippen LogP contribution is 2.26. The van der Waals surface area contributed by atoms with E-state index in [1.165, 1.54) is 49.9 Å². The third-order valence-corrected chi connectivity index (χ3v) is 4.63. The second kappa shape index (κ2) is 6.23. The van der Waals surface area contributed by atoms with Crippen LogP contribution in [0.3, 0.4) is 0 Å². The first-order valence-corrected chi connectivity index (χ1v) is 7.51. The number of anilines is 1. The van der Waals surface area contributed by atoms with Gasteiger partial charge >= 0.3 is 5.97 Å². The van der Waals surface area contributed by atoms with Crippen LogP contribution in [0.25, 0.3) is 0 Å². The Labute approximate surface area is 112 Å². The first-order chi connectivity index (χ1) is 8.66. The number of carbonyl (C=O) groups is 1. The summed E-state index contributed by atoms with van der Waals surface area (Å²) in [5.74, 6) is 0.332. The largest absolute Gasteiger partial charge is 0.461 e. The van der Waals surface area contributed by atoms with E-state index in [1.54, 1.807) is 6.07 Å². The summed E-state index contributed by atoms with van der Waals surface area (Å²) in [6, 6.07) is 1.72. The first-order valence-electron chi connectivity index (χ1n) is 6.70. The first kappa shape index (κ1) is 13.4. The smallest absolute Gasteiger partial charge is 0.348 e. The number of rotatable bonds is 3. The lowest BCUT2D eigenvalue weighted by Crippen LogP contribution is -2.13. The Morgan fingerprint density at radius 1 is 1.39 bits per heavy atom. The van der Waals surface area contributed by atoms with E-state index in [9.17, 15) is 4.79 Å². The van der Waals surface area contributed by atoms with Crippen molar-refractivity contribution in [1.82, 2.24) is 0 Å². The van der Waals surface area contributed by atoms with Crippen molar-refractivity contribution in [3.05, 3.63) is 15.8 Å². The molecule has 0 radical (unpaired) electrons. The zero-order chi connectivity index (χ0) is 13.0. The molecule has 2 rings (SSSR count). The van der Waals surface area contributed by atoms with Gasteiger partial charge in [-0.1, -0.05) is 25.7 Å². The summed E-state index contributed by atoms with van der Waals surface area (Å²) in [6.07, 6.45) is 7.58. The quantitative estimate of drug-likeness (QED) is 0.670. The second-order valence-electron chi connectivity index (χ2n) is 5.08. The molecule has 0 aliphatic heterocycles. The topological polar surface area (TPSA) is 52.3 Å². The minimum atomic E-state index is -0.218. The molecule has 0 saturated heterocycles. The van der Waals surface area contributed by atoms with E-state index in [-0.39, 0.29) is 5.97 Å². The van der Waals surface area contributed by atoms with Crippen LogP contribution in [0.4, 0.5) is 5.69 Å². The minimum Gasteiger partial charge on any atom is -0.461 e. The molecule has 0 bridgehead atoms. The molecule has 1 saturated carbocycles. The molecular weight excluding hydrogens is 246 g/mol. The Hall–Kier alpha value is -1.03. The molecule has 1 fully saturated rings. The molecule has 100 valence electrons. The van der Waals surface area contributed by atoms with Gasteiger partial charge in [0.2, 0.25) is 0 Å². The van der Waals surface area contributed by atoms with E-state index in [1.807, 2.05) is 6.92 Å². The zero-order valence-corrected chi connectivity index (χ0v) is 11.7. The van der Waals surface area contributed by atoms with Crippen LogP contribution in [-0.4, -0.2) is 12.6 Å². The molecule has 1 heterocycles. The van der Waals surface area contributed by atoms with Gasteiger partial charge in [-0.15, -0.1) is 11.3 Å². The van der Waals surface area contributed by atoms with E-state index in [2.05, 4.69) is 0 Å². The molecule has 1 aliphatic rings. The van der Waals surface area contributed by atoms with Gasteiger partial charge in [0.25, 0.3) is 0 Å². The molecule has 0 aromatic carbocycles. The standard InChI is InChI=1S/C14H21NO2S/c1-10-12(15)8-13(18-10)14(16)17-9-11-6-4-2-3-5-7-11/h8,11H,2-7,9,15H2,1H3. The van der Waals surface area contributed by atoms with E-state index in [0.717, 1.165) is 4.88 Å². The van der Waals surface area contributed by atoms with Crippen molar-refractivity contribution in [1.29, 1.82) is 0 Å². The van der Waals surface area contributed by atoms with Crippen LogP contribution < -0.4 is 5.73 Å². The molecule has 0 spiro atoms. The van der Waals surface area contributed by atoms with Crippen molar-refractivity contribution < 1.29 is 9.53 Å². The Kier molecular flexibility index (Phi) is 4.64. The maximum atomic E-state index is 11.9. The Morgan fingerprint density at radius 3 is 2.61 bits per heavy atom. The zero-order valence-electron chi connectivity index (χ0n) is 10.9. The maximum absolute atomic E-state index is 11.9. The molecule has 4 heteroatoms. The van der Waals surface area contributed by atoms with E-state index < -0.39 is 0 Å². The van der Waals surface area contributed by atoms with Crippen molar-refractivity contribution in [2.75, 3.05) is 12.3 Å². The van der Waals surface area contributed by atoms with Crippen LogP contribution in [0.5, 0.6) is 0 Å². The van der Waals surface area contributed by atoms with Crippen molar-refractivity contribution in [2.45, 2.75) is 45.4 Å². The number of esters is 1. The molecule has 0 amide bonds. The predicted octanol–water partition coefficient (Wildman–Crippen LogP) is 3.77. The summed E-state index contributed by atoms with van der Waals surface area (Å²) in [7, 11) is 0. The van der Waals surface area contributed by atoms with Gasteiger partial charge in [0.05, 0.1) is 6.61 Å². The highest BCUT2D eigenvalue weighted by molar-refractivity contribution is 7.14. The molecule has 1 aromatic rings. The van der Waals surface area contributed by atoms with Gasteiger partial charge in [0, 0.05) is 10.6 Å². The minimum absolute atomic E-state index is 0.218. The van der Waals surface area contributed by atoms with Crippen LogP contribution in [0.2, 0.25) is 0 Å².